The molecule has 1 aliphatic heterocycles. The molecular weight excluding hydrogens is 316 g/mol. The minimum Gasteiger partial charge on any atom is -0.334 e. The van der Waals surface area contributed by atoms with Crippen LogP contribution in [-0.4, -0.2) is 26.5 Å². The van der Waals surface area contributed by atoms with Gasteiger partial charge in [-0.3, -0.25) is 4.68 Å². The van der Waals surface area contributed by atoms with Gasteiger partial charge in [-0.1, -0.05) is 31.8 Å². The molecule has 1 N–H and O–H groups in total. The van der Waals surface area contributed by atoms with Crippen LogP contribution in [0.15, 0.2) is 10.7 Å². The van der Waals surface area contributed by atoms with Gasteiger partial charge < -0.3 is 9.84 Å². The third-order valence-corrected chi connectivity index (χ3v) is 4.17. The van der Waals surface area contributed by atoms with Crippen LogP contribution in [0, 0.1) is 5.92 Å². The number of aromatic nitrogens is 4. The highest BCUT2D eigenvalue weighted by Crippen LogP contribution is 2.31. The van der Waals surface area contributed by atoms with E-state index in [4.69, 9.17) is 4.52 Å². The molecule has 0 saturated carbocycles. The van der Waals surface area contributed by atoms with E-state index in [1.165, 1.54) is 17.3 Å². The molecule has 0 amide bonds. The van der Waals surface area contributed by atoms with E-state index < -0.39 is 6.43 Å². The number of hydrogen-bond donors (Lipinski definition) is 1. The number of hydrogen-bond acceptors (Lipinski definition) is 5. The largest absolute Gasteiger partial charge is 0.334 e. The summed E-state index contributed by atoms with van der Waals surface area (Å²) in [5.74, 6) is 0.855. The second-order valence-corrected chi connectivity index (χ2v) is 6.63. The maximum absolute atomic E-state index is 13.5. The predicted molar refractivity (Wildman–Crippen MR) is 84.5 cm³/mol. The third-order valence-electron chi connectivity index (χ3n) is 4.17. The molecule has 8 heteroatoms. The van der Waals surface area contributed by atoms with Crippen LogP contribution in [0.2, 0.25) is 0 Å². The lowest BCUT2D eigenvalue weighted by atomic mass is 10.1. The first-order chi connectivity index (χ1) is 11.6. The lowest BCUT2D eigenvalue weighted by Gasteiger charge is -2.10. The second kappa shape index (κ2) is 7.38. The van der Waals surface area contributed by atoms with Crippen LogP contribution in [0.5, 0.6) is 0 Å². The van der Waals surface area contributed by atoms with Crippen LogP contribution < -0.4 is 5.32 Å². The molecule has 0 bridgehead atoms. The van der Waals surface area contributed by atoms with Crippen LogP contribution in [0.3, 0.4) is 0 Å². The predicted octanol–water partition coefficient (Wildman–Crippen LogP) is 3.73. The third kappa shape index (κ3) is 3.63. The number of nitrogens with one attached hydrogen (secondary N) is 1. The first-order valence-electron chi connectivity index (χ1n) is 8.47. The zero-order valence-electron chi connectivity index (χ0n) is 14.0. The minimum atomic E-state index is -2.65. The van der Waals surface area contributed by atoms with Gasteiger partial charge in [0.15, 0.2) is 5.82 Å². The second-order valence-electron chi connectivity index (χ2n) is 6.63. The smallest absolute Gasteiger partial charge is 0.280 e. The van der Waals surface area contributed by atoms with E-state index in [0.717, 1.165) is 25.8 Å². The molecule has 132 valence electrons. The van der Waals surface area contributed by atoms with E-state index in [1.54, 1.807) is 0 Å². The molecule has 3 rings (SSSR count). The average Bonchev–Trinajstić information content (AvgIpc) is 3.06. The van der Waals surface area contributed by atoms with E-state index in [0.29, 0.717) is 12.4 Å². The van der Waals surface area contributed by atoms with E-state index in [2.05, 4.69) is 20.6 Å². The fourth-order valence-corrected chi connectivity index (χ4v) is 3.02. The standard InChI is InChI=1S/C16H23F2N5O/c1-10(2)9-23-13(14(17)18)11(8-20-23)16-21-15(22-24-16)12-6-4-3-5-7-19-12/h8,10,12,14,19H,3-7,9H2,1-2H3. The molecule has 0 aromatic carbocycles. The van der Waals surface area contributed by atoms with E-state index in [-0.39, 0.29) is 29.1 Å². The molecule has 24 heavy (non-hydrogen) atoms. The lowest BCUT2D eigenvalue weighted by molar-refractivity contribution is 0.138. The van der Waals surface area contributed by atoms with Crippen LogP contribution >= 0.6 is 0 Å². The molecule has 0 aliphatic carbocycles. The summed E-state index contributed by atoms with van der Waals surface area (Å²) in [7, 11) is 0. The van der Waals surface area contributed by atoms with E-state index >= 15 is 0 Å². The molecule has 1 aliphatic rings. The van der Waals surface area contributed by atoms with Gasteiger partial charge in [0.05, 0.1) is 17.8 Å². The highest BCUT2D eigenvalue weighted by atomic mass is 19.3. The normalized spacial score (nSPS) is 19.2. The fraction of sp³-hybridized carbons (Fsp3) is 0.688. The van der Waals surface area contributed by atoms with Crippen molar-refractivity contribution in [1.82, 2.24) is 25.2 Å². The van der Waals surface area contributed by atoms with Gasteiger partial charge in [-0.25, -0.2) is 8.78 Å². The SMILES string of the molecule is CC(C)Cn1ncc(-c2nc(C3CCCCCN3)no2)c1C(F)F. The van der Waals surface area contributed by atoms with Crippen molar-refractivity contribution in [2.45, 2.75) is 58.5 Å². The summed E-state index contributed by atoms with van der Waals surface area (Å²) >= 11 is 0. The Labute approximate surface area is 139 Å². The van der Waals surface area contributed by atoms with Crippen molar-refractivity contribution in [2.24, 2.45) is 5.92 Å². The summed E-state index contributed by atoms with van der Waals surface area (Å²) in [6.07, 6.45) is 3.06. The highest BCUT2D eigenvalue weighted by Gasteiger charge is 2.27. The summed E-state index contributed by atoms with van der Waals surface area (Å²) in [4.78, 5) is 4.35. The molecular formula is C16H23F2N5O. The average molecular weight is 339 g/mol. The Morgan fingerprint density at radius 1 is 1.33 bits per heavy atom. The summed E-state index contributed by atoms with van der Waals surface area (Å²) in [6.45, 7) is 5.24. The summed E-state index contributed by atoms with van der Waals surface area (Å²) in [6, 6.07) is 0.0192. The molecule has 1 fully saturated rings. The quantitative estimate of drug-likeness (QED) is 0.899. The van der Waals surface area contributed by atoms with Gasteiger partial charge >= 0.3 is 0 Å². The maximum atomic E-state index is 13.5. The fourth-order valence-electron chi connectivity index (χ4n) is 3.02. The Kier molecular flexibility index (Phi) is 5.23. The van der Waals surface area contributed by atoms with Crippen LogP contribution in [-0.2, 0) is 6.54 Å². The molecule has 3 heterocycles. The molecule has 2 aromatic rings. The number of alkyl halides is 2. The molecule has 1 atom stereocenters. The summed E-state index contributed by atoms with van der Waals surface area (Å²) in [5.41, 5.74) is 0.0609. The van der Waals surface area contributed by atoms with Crippen molar-refractivity contribution in [1.29, 1.82) is 0 Å². The van der Waals surface area contributed by atoms with Crippen molar-refractivity contribution in [3.05, 3.63) is 17.7 Å². The first-order valence-corrected chi connectivity index (χ1v) is 8.47. The van der Waals surface area contributed by atoms with E-state index in [9.17, 15) is 8.78 Å². The van der Waals surface area contributed by atoms with Crippen LogP contribution in [0.25, 0.3) is 11.5 Å². The van der Waals surface area contributed by atoms with Crippen molar-refractivity contribution in [2.75, 3.05) is 6.54 Å². The Hall–Kier alpha value is -1.83. The Morgan fingerprint density at radius 3 is 2.92 bits per heavy atom. The monoisotopic (exact) mass is 339 g/mol. The van der Waals surface area contributed by atoms with Gasteiger partial charge in [0, 0.05) is 6.54 Å². The summed E-state index contributed by atoms with van der Waals surface area (Å²) < 4.78 is 33.6. The molecule has 1 saturated heterocycles. The van der Waals surface area contributed by atoms with Gasteiger partial charge in [0.2, 0.25) is 0 Å². The van der Waals surface area contributed by atoms with Gasteiger partial charge in [0.1, 0.15) is 5.69 Å². The molecule has 0 spiro atoms. The lowest BCUT2D eigenvalue weighted by Crippen LogP contribution is -2.21. The zero-order chi connectivity index (χ0) is 17.1. The van der Waals surface area contributed by atoms with E-state index in [1.807, 2.05) is 13.8 Å². The Bertz CT molecular complexity index is 659. The first kappa shape index (κ1) is 17.0. The highest BCUT2D eigenvalue weighted by molar-refractivity contribution is 5.55. The van der Waals surface area contributed by atoms with Gasteiger partial charge in [-0.05, 0) is 25.3 Å². The molecule has 0 radical (unpaired) electrons. The van der Waals surface area contributed by atoms with Gasteiger partial charge in [-0.15, -0.1) is 0 Å². The van der Waals surface area contributed by atoms with Crippen molar-refractivity contribution >= 4 is 0 Å². The van der Waals surface area contributed by atoms with Gasteiger partial charge in [-0.2, -0.15) is 10.1 Å². The van der Waals surface area contributed by atoms with Crippen molar-refractivity contribution < 1.29 is 13.3 Å². The number of halogens is 2. The van der Waals surface area contributed by atoms with Crippen molar-refractivity contribution in [3.8, 4) is 11.5 Å². The van der Waals surface area contributed by atoms with Crippen molar-refractivity contribution in [3.63, 3.8) is 0 Å². The number of rotatable bonds is 5. The topological polar surface area (TPSA) is 68.8 Å². The zero-order valence-corrected chi connectivity index (χ0v) is 14.0. The molecule has 6 nitrogen and oxygen atoms in total. The van der Waals surface area contributed by atoms with Crippen LogP contribution in [0.1, 0.15) is 63.5 Å². The minimum absolute atomic E-state index is 0.0192. The molecule has 1 unspecified atom stereocenters. The Morgan fingerprint density at radius 2 is 2.17 bits per heavy atom. The Balaban J connectivity index is 1.88. The molecule has 2 aromatic heterocycles. The summed E-state index contributed by atoms with van der Waals surface area (Å²) in [5, 5.41) is 11.5. The maximum Gasteiger partial charge on any atom is 0.280 e. The number of nitrogens with zero attached hydrogens (tertiary/aromatic N) is 4. The van der Waals surface area contributed by atoms with Gasteiger partial charge in [0.25, 0.3) is 12.3 Å². The van der Waals surface area contributed by atoms with Crippen LogP contribution in [0.4, 0.5) is 8.78 Å².